The van der Waals surface area contributed by atoms with E-state index in [9.17, 15) is 14.9 Å². The number of carbonyl (C=O) groups is 1. The summed E-state index contributed by atoms with van der Waals surface area (Å²) in [6.45, 7) is 1.30. The fraction of sp³-hybridized carbons (Fsp3) is 0.100. The van der Waals surface area contributed by atoms with Crippen LogP contribution in [0.5, 0.6) is 5.75 Å². The van der Waals surface area contributed by atoms with Gasteiger partial charge < -0.3 is 9.15 Å². The van der Waals surface area contributed by atoms with Crippen LogP contribution in [-0.4, -0.2) is 23.7 Å². The summed E-state index contributed by atoms with van der Waals surface area (Å²) in [6, 6.07) is 15.1. The highest BCUT2D eigenvalue weighted by atomic mass is 35.5. The molecule has 0 radical (unpaired) electrons. The Bertz CT molecular complexity index is 1080. The van der Waals surface area contributed by atoms with Gasteiger partial charge in [-0.1, -0.05) is 29.8 Å². The Balaban J connectivity index is 1.56. The van der Waals surface area contributed by atoms with E-state index in [2.05, 4.69) is 10.5 Å². The van der Waals surface area contributed by atoms with E-state index < -0.39 is 17.4 Å². The molecule has 1 N–H and O–H groups in total. The lowest BCUT2D eigenvalue weighted by Gasteiger charge is -2.06. The van der Waals surface area contributed by atoms with Crippen LogP contribution in [0.3, 0.4) is 0 Å². The Morgan fingerprint density at radius 2 is 2.07 bits per heavy atom. The number of hydrogen-bond acceptors (Lipinski definition) is 6. The number of benzene rings is 2. The zero-order valence-corrected chi connectivity index (χ0v) is 16.1. The molecule has 2 aromatic carbocycles. The van der Waals surface area contributed by atoms with Gasteiger partial charge in [0.15, 0.2) is 12.4 Å². The van der Waals surface area contributed by atoms with Gasteiger partial charge in [-0.2, -0.15) is 5.10 Å². The summed E-state index contributed by atoms with van der Waals surface area (Å²) >= 11 is 6.13. The zero-order chi connectivity index (χ0) is 20.8. The fourth-order valence-corrected chi connectivity index (χ4v) is 2.69. The van der Waals surface area contributed by atoms with Gasteiger partial charge in [0.05, 0.1) is 16.2 Å². The van der Waals surface area contributed by atoms with Gasteiger partial charge in [0.1, 0.15) is 11.5 Å². The molecule has 0 unspecified atom stereocenters. The van der Waals surface area contributed by atoms with E-state index >= 15 is 0 Å². The zero-order valence-electron chi connectivity index (χ0n) is 15.3. The normalized spacial score (nSPS) is 10.8. The van der Waals surface area contributed by atoms with E-state index in [1.165, 1.54) is 18.3 Å². The quantitative estimate of drug-likeness (QED) is 0.352. The first-order chi connectivity index (χ1) is 13.9. The second-order valence-electron chi connectivity index (χ2n) is 5.99. The third-order valence-electron chi connectivity index (χ3n) is 3.82. The van der Waals surface area contributed by atoms with Crippen molar-refractivity contribution in [1.29, 1.82) is 0 Å². The van der Waals surface area contributed by atoms with Gasteiger partial charge in [-0.05, 0) is 42.8 Å². The summed E-state index contributed by atoms with van der Waals surface area (Å²) in [7, 11) is 0. The van der Waals surface area contributed by atoms with E-state index in [1.807, 2.05) is 18.2 Å². The van der Waals surface area contributed by atoms with Crippen molar-refractivity contribution in [1.82, 2.24) is 5.43 Å². The first kappa shape index (κ1) is 20.1. The lowest BCUT2D eigenvalue weighted by Crippen LogP contribution is -2.24. The van der Waals surface area contributed by atoms with Gasteiger partial charge >= 0.3 is 5.69 Å². The Hall–Kier alpha value is -3.65. The van der Waals surface area contributed by atoms with Gasteiger partial charge in [0.2, 0.25) is 0 Å². The third kappa shape index (κ3) is 5.20. The van der Waals surface area contributed by atoms with Crippen LogP contribution < -0.4 is 10.2 Å². The number of aryl methyl sites for hydroxylation is 1. The number of nitrogens with one attached hydrogen (secondary N) is 1. The molecular weight excluding hydrogens is 398 g/mol. The van der Waals surface area contributed by atoms with Crippen LogP contribution >= 0.6 is 11.6 Å². The number of hydrogen-bond donors (Lipinski definition) is 1. The SMILES string of the molecule is Cc1ccc(OCC(=O)NN=Cc2ccc(-c3ccccc3Cl)o2)c([N+](=O)[O-])c1. The second-order valence-corrected chi connectivity index (χ2v) is 6.40. The maximum absolute atomic E-state index is 11.9. The van der Waals surface area contributed by atoms with E-state index in [-0.39, 0.29) is 11.4 Å². The Morgan fingerprint density at radius 3 is 2.83 bits per heavy atom. The van der Waals surface area contributed by atoms with E-state index in [0.29, 0.717) is 22.1 Å². The van der Waals surface area contributed by atoms with Crippen LogP contribution in [0.2, 0.25) is 5.02 Å². The first-order valence-corrected chi connectivity index (χ1v) is 8.86. The minimum Gasteiger partial charge on any atom is -0.477 e. The van der Waals surface area contributed by atoms with Gasteiger partial charge in [-0.15, -0.1) is 0 Å². The van der Waals surface area contributed by atoms with Gasteiger partial charge in [0, 0.05) is 11.6 Å². The fourth-order valence-electron chi connectivity index (χ4n) is 2.46. The van der Waals surface area contributed by atoms with Crippen LogP contribution in [0.25, 0.3) is 11.3 Å². The van der Waals surface area contributed by atoms with Crippen molar-refractivity contribution < 1.29 is 18.9 Å². The maximum Gasteiger partial charge on any atom is 0.311 e. The molecule has 9 heteroatoms. The minimum atomic E-state index is -0.575. The van der Waals surface area contributed by atoms with Crippen LogP contribution in [0.4, 0.5) is 5.69 Å². The van der Waals surface area contributed by atoms with Crippen LogP contribution in [-0.2, 0) is 4.79 Å². The minimum absolute atomic E-state index is 0.00939. The third-order valence-corrected chi connectivity index (χ3v) is 4.15. The average Bonchev–Trinajstić information content (AvgIpc) is 3.16. The van der Waals surface area contributed by atoms with E-state index in [0.717, 1.165) is 5.56 Å². The van der Waals surface area contributed by atoms with E-state index in [1.54, 1.807) is 31.2 Å². The molecule has 0 atom stereocenters. The topological polar surface area (TPSA) is 107 Å². The number of nitrogens with zero attached hydrogens (tertiary/aromatic N) is 2. The molecule has 0 aliphatic carbocycles. The standard InChI is InChI=1S/C20H16ClN3O5/c1-13-6-8-19(17(10-13)24(26)27)28-12-20(25)23-22-11-14-7-9-18(29-14)15-4-2-3-5-16(15)21/h2-11H,12H2,1H3,(H,23,25). The lowest BCUT2D eigenvalue weighted by molar-refractivity contribution is -0.385. The number of rotatable bonds is 7. The van der Waals surface area contributed by atoms with Crippen LogP contribution in [0.1, 0.15) is 11.3 Å². The molecule has 0 aliphatic rings. The molecule has 1 heterocycles. The Kier molecular flexibility index (Phi) is 6.25. The molecule has 3 rings (SSSR count). The number of carbonyl (C=O) groups excluding carboxylic acids is 1. The molecule has 1 aromatic heterocycles. The van der Waals surface area contributed by atoms with Crippen molar-refractivity contribution in [2.75, 3.05) is 6.61 Å². The maximum atomic E-state index is 11.9. The Labute approximate surface area is 170 Å². The van der Waals surface area contributed by atoms with Crippen molar-refractivity contribution >= 4 is 29.4 Å². The Morgan fingerprint density at radius 1 is 1.28 bits per heavy atom. The molecule has 0 aliphatic heterocycles. The lowest BCUT2D eigenvalue weighted by atomic mass is 10.2. The number of nitro groups is 1. The summed E-state index contributed by atoms with van der Waals surface area (Å²) in [6.07, 6.45) is 1.33. The van der Waals surface area contributed by atoms with Crippen LogP contribution in [0.15, 0.2) is 64.1 Å². The summed E-state index contributed by atoms with van der Waals surface area (Å²) in [4.78, 5) is 22.4. The van der Waals surface area contributed by atoms with Gasteiger partial charge in [0.25, 0.3) is 5.91 Å². The molecule has 3 aromatic rings. The van der Waals surface area contributed by atoms with Crippen LogP contribution in [0, 0.1) is 17.0 Å². The largest absolute Gasteiger partial charge is 0.477 e. The molecule has 8 nitrogen and oxygen atoms in total. The molecule has 29 heavy (non-hydrogen) atoms. The highest BCUT2D eigenvalue weighted by Crippen LogP contribution is 2.29. The van der Waals surface area contributed by atoms with Gasteiger partial charge in [-0.25, -0.2) is 5.43 Å². The number of amides is 1. The monoisotopic (exact) mass is 413 g/mol. The molecule has 0 fully saturated rings. The predicted molar refractivity (Wildman–Crippen MR) is 108 cm³/mol. The highest BCUT2D eigenvalue weighted by molar-refractivity contribution is 6.33. The molecule has 0 bridgehead atoms. The summed E-state index contributed by atoms with van der Waals surface area (Å²) < 4.78 is 10.9. The average molecular weight is 414 g/mol. The summed E-state index contributed by atoms with van der Waals surface area (Å²) in [5.41, 5.74) is 3.52. The van der Waals surface area contributed by atoms with Crippen molar-refractivity contribution in [3.63, 3.8) is 0 Å². The highest BCUT2D eigenvalue weighted by Gasteiger charge is 2.16. The molecule has 148 valence electrons. The molecular formula is C20H16ClN3O5. The first-order valence-electron chi connectivity index (χ1n) is 8.48. The predicted octanol–water partition coefficient (Wildman–Crippen LogP) is 4.35. The van der Waals surface area contributed by atoms with Crippen molar-refractivity contribution in [2.24, 2.45) is 5.10 Å². The van der Waals surface area contributed by atoms with Crippen molar-refractivity contribution in [3.05, 3.63) is 81.1 Å². The summed E-state index contributed by atoms with van der Waals surface area (Å²) in [5.74, 6) is 0.415. The number of halogens is 1. The number of furan rings is 1. The van der Waals surface area contributed by atoms with Crippen molar-refractivity contribution in [3.8, 4) is 17.1 Å². The number of ether oxygens (including phenoxy) is 1. The van der Waals surface area contributed by atoms with Crippen molar-refractivity contribution in [2.45, 2.75) is 6.92 Å². The summed E-state index contributed by atoms with van der Waals surface area (Å²) in [5, 5.41) is 15.4. The smallest absolute Gasteiger partial charge is 0.311 e. The molecule has 0 saturated carbocycles. The second kappa shape index (κ2) is 9.03. The van der Waals surface area contributed by atoms with Gasteiger partial charge in [-0.3, -0.25) is 14.9 Å². The number of hydrazone groups is 1. The van der Waals surface area contributed by atoms with E-state index in [4.69, 9.17) is 20.8 Å². The number of nitro benzene ring substituents is 1. The molecule has 0 saturated heterocycles. The molecule has 0 spiro atoms. The molecule has 1 amide bonds.